The van der Waals surface area contributed by atoms with E-state index in [0.29, 0.717) is 6.61 Å². The number of benzene rings is 1. The van der Waals surface area contributed by atoms with Crippen molar-refractivity contribution in [2.75, 3.05) is 24.6 Å². The highest BCUT2D eigenvalue weighted by Crippen LogP contribution is 2.33. The molecule has 1 unspecified atom stereocenters. The maximum absolute atomic E-state index is 10.3. The number of anilines is 1. The van der Waals surface area contributed by atoms with Gasteiger partial charge in [0.25, 0.3) is 0 Å². The molecule has 0 bridgehead atoms. The van der Waals surface area contributed by atoms with Crippen LogP contribution in [0.2, 0.25) is 0 Å². The van der Waals surface area contributed by atoms with Crippen molar-refractivity contribution in [1.82, 2.24) is 4.98 Å². The van der Waals surface area contributed by atoms with E-state index < -0.39 is 0 Å². The number of hydrogen-bond donors (Lipinski definition) is 1. The first-order valence-electron chi connectivity index (χ1n) is 12.3. The van der Waals surface area contributed by atoms with Crippen LogP contribution in [-0.4, -0.2) is 35.9 Å². The molecule has 1 aromatic carbocycles. The van der Waals surface area contributed by atoms with Crippen molar-refractivity contribution in [2.45, 2.75) is 76.2 Å². The molecule has 168 valence electrons. The third kappa shape index (κ3) is 6.70. The minimum atomic E-state index is -0.383. The van der Waals surface area contributed by atoms with E-state index in [1.165, 1.54) is 56.9 Å². The Morgan fingerprint density at radius 3 is 2.45 bits per heavy atom. The molecule has 0 amide bonds. The van der Waals surface area contributed by atoms with Crippen LogP contribution in [0.15, 0.2) is 48.7 Å². The summed E-state index contributed by atoms with van der Waals surface area (Å²) in [4.78, 5) is 6.85. The molecule has 2 aliphatic rings. The third-order valence-corrected chi connectivity index (χ3v) is 7.14. The molecule has 31 heavy (non-hydrogen) atoms. The summed E-state index contributed by atoms with van der Waals surface area (Å²) in [6, 6.07) is 14.7. The number of nitrogens with zero attached hydrogens (tertiary/aromatic N) is 2. The molecule has 0 spiro atoms. The van der Waals surface area contributed by atoms with Gasteiger partial charge >= 0.3 is 0 Å². The van der Waals surface area contributed by atoms with E-state index in [1.807, 2.05) is 12.3 Å². The lowest BCUT2D eigenvalue weighted by atomic mass is 9.84. The van der Waals surface area contributed by atoms with Crippen molar-refractivity contribution in [3.63, 3.8) is 0 Å². The summed E-state index contributed by atoms with van der Waals surface area (Å²) >= 11 is 0. The van der Waals surface area contributed by atoms with Crippen molar-refractivity contribution >= 4 is 5.82 Å². The fourth-order valence-corrected chi connectivity index (χ4v) is 5.18. The predicted molar refractivity (Wildman–Crippen MR) is 127 cm³/mol. The zero-order chi connectivity index (χ0) is 21.3. The minimum absolute atomic E-state index is 0.383. The van der Waals surface area contributed by atoms with Crippen LogP contribution >= 0.6 is 0 Å². The Morgan fingerprint density at radius 1 is 0.968 bits per heavy atom. The zero-order valence-electron chi connectivity index (χ0n) is 18.8. The van der Waals surface area contributed by atoms with E-state index in [1.54, 1.807) is 0 Å². The quantitative estimate of drug-likeness (QED) is 0.542. The fraction of sp³-hybridized carbons (Fsp3) is 0.593. The summed E-state index contributed by atoms with van der Waals surface area (Å²) in [5, 5.41) is 10.3. The van der Waals surface area contributed by atoms with E-state index >= 15 is 0 Å². The largest absolute Gasteiger partial charge is 0.491 e. The Balaban J connectivity index is 1.10. The number of aromatic nitrogens is 1. The average molecular weight is 423 g/mol. The van der Waals surface area contributed by atoms with Crippen molar-refractivity contribution in [3.8, 4) is 5.75 Å². The van der Waals surface area contributed by atoms with Crippen LogP contribution in [0.1, 0.15) is 75.7 Å². The van der Waals surface area contributed by atoms with Gasteiger partial charge in [-0.1, -0.05) is 50.3 Å². The highest BCUT2D eigenvalue weighted by molar-refractivity contribution is 5.38. The molecular weight excluding hydrogens is 384 g/mol. The number of piperidine rings is 1. The fourth-order valence-electron chi connectivity index (χ4n) is 5.18. The van der Waals surface area contributed by atoms with Gasteiger partial charge < -0.3 is 14.7 Å². The molecule has 1 saturated heterocycles. The van der Waals surface area contributed by atoms with E-state index in [4.69, 9.17) is 4.74 Å². The topological polar surface area (TPSA) is 45.6 Å². The summed E-state index contributed by atoms with van der Waals surface area (Å²) in [6.07, 6.45) is 13.8. The van der Waals surface area contributed by atoms with Crippen LogP contribution in [0.3, 0.4) is 0 Å². The van der Waals surface area contributed by atoms with E-state index in [-0.39, 0.29) is 6.10 Å². The average Bonchev–Trinajstić information content (AvgIpc) is 2.85. The number of aliphatic hydroxyl groups excluding tert-OH is 1. The molecular formula is C27H38N2O2. The first-order valence-corrected chi connectivity index (χ1v) is 12.3. The highest BCUT2D eigenvalue weighted by Gasteiger charge is 2.20. The van der Waals surface area contributed by atoms with E-state index in [2.05, 4.69) is 46.3 Å². The van der Waals surface area contributed by atoms with Crippen molar-refractivity contribution in [2.24, 2.45) is 5.92 Å². The maximum Gasteiger partial charge on any atom is 0.128 e. The second-order valence-corrected chi connectivity index (χ2v) is 9.42. The lowest BCUT2D eigenvalue weighted by molar-refractivity contribution is 0.0959. The second-order valence-electron chi connectivity index (χ2n) is 9.42. The van der Waals surface area contributed by atoms with Crippen molar-refractivity contribution in [3.05, 3.63) is 54.2 Å². The van der Waals surface area contributed by atoms with Gasteiger partial charge in [-0.25, -0.2) is 4.98 Å². The van der Waals surface area contributed by atoms with Crippen molar-refractivity contribution in [1.29, 1.82) is 0 Å². The van der Waals surface area contributed by atoms with Gasteiger partial charge in [0, 0.05) is 19.3 Å². The first-order chi connectivity index (χ1) is 15.3. The molecule has 2 fully saturated rings. The van der Waals surface area contributed by atoms with Crippen LogP contribution in [0.5, 0.6) is 5.75 Å². The smallest absolute Gasteiger partial charge is 0.128 e. The normalized spacial score (nSPS) is 19.3. The van der Waals surface area contributed by atoms with Crippen molar-refractivity contribution < 1.29 is 9.84 Å². The molecule has 1 aromatic heterocycles. The van der Waals surface area contributed by atoms with E-state index in [9.17, 15) is 5.11 Å². The Bertz CT molecular complexity index is 751. The molecule has 4 nitrogen and oxygen atoms in total. The molecule has 2 heterocycles. The van der Waals surface area contributed by atoms with Crippen LogP contribution in [0.4, 0.5) is 5.82 Å². The molecule has 4 rings (SSSR count). The monoisotopic (exact) mass is 422 g/mol. The Labute approximate surface area is 187 Å². The molecule has 1 N–H and O–H groups in total. The Morgan fingerprint density at radius 2 is 1.74 bits per heavy atom. The molecule has 1 aliphatic heterocycles. The van der Waals surface area contributed by atoms with Gasteiger partial charge in [0.2, 0.25) is 0 Å². The molecule has 1 aliphatic carbocycles. The Kier molecular flexibility index (Phi) is 8.23. The van der Waals surface area contributed by atoms with Gasteiger partial charge in [-0.15, -0.1) is 0 Å². The lowest BCUT2D eigenvalue weighted by Gasteiger charge is -2.32. The lowest BCUT2D eigenvalue weighted by Crippen LogP contribution is -2.34. The van der Waals surface area contributed by atoms with E-state index in [0.717, 1.165) is 49.3 Å². The molecule has 0 radical (unpaired) electrons. The van der Waals surface area contributed by atoms with Gasteiger partial charge in [-0.05, 0) is 73.8 Å². The standard InChI is InChI=1S/C27H38N2O2/c30-25(21-31-26-14-12-24(13-15-26)23-8-2-1-3-9-23)10-6-7-22-16-19-29(20-17-22)27-11-4-5-18-28-27/h4-5,11-15,18,22-23,25,30H,1-3,6-10,16-17,19-21H2. The molecule has 1 saturated carbocycles. The van der Waals surface area contributed by atoms with Crippen LogP contribution in [0, 0.1) is 5.92 Å². The zero-order valence-corrected chi connectivity index (χ0v) is 18.8. The van der Waals surface area contributed by atoms with Gasteiger partial charge in [0.1, 0.15) is 18.2 Å². The highest BCUT2D eigenvalue weighted by atomic mass is 16.5. The molecule has 1 atom stereocenters. The molecule has 4 heteroatoms. The van der Waals surface area contributed by atoms with Gasteiger partial charge in [-0.3, -0.25) is 0 Å². The van der Waals surface area contributed by atoms with Gasteiger partial charge in [0.05, 0.1) is 6.10 Å². The summed E-state index contributed by atoms with van der Waals surface area (Å²) in [7, 11) is 0. The first kappa shape index (κ1) is 22.1. The number of hydrogen-bond acceptors (Lipinski definition) is 4. The number of pyridine rings is 1. The van der Waals surface area contributed by atoms with Crippen LogP contribution < -0.4 is 9.64 Å². The second kappa shape index (κ2) is 11.5. The Hall–Kier alpha value is -2.07. The summed E-state index contributed by atoms with van der Waals surface area (Å²) in [5.74, 6) is 3.46. The number of rotatable bonds is 9. The third-order valence-electron chi connectivity index (χ3n) is 7.14. The summed E-state index contributed by atoms with van der Waals surface area (Å²) < 4.78 is 5.85. The SMILES string of the molecule is OC(CCCC1CCN(c2ccccn2)CC1)COc1ccc(C2CCCCC2)cc1. The van der Waals surface area contributed by atoms with Crippen LogP contribution in [0.25, 0.3) is 0 Å². The minimum Gasteiger partial charge on any atom is -0.491 e. The maximum atomic E-state index is 10.3. The summed E-state index contributed by atoms with van der Waals surface area (Å²) in [6.45, 7) is 2.56. The summed E-state index contributed by atoms with van der Waals surface area (Å²) in [5.41, 5.74) is 1.45. The number of ether oxygens (including phenoxy) is 1. The predicted octanol–water partition coefficient (Wildman–Crippen LogP) is 5.96. The van der Waals surface area contributed by atoms with Gasteiger partial charge in [0.15, 0.2) is 0 Å². The molecule has 2 aromatic rings. The number of aliphatic hydroxyl groups is 1. The van der Waals surface area contributed by atoms with Gasteiger partial charge in [-0.2, -0.15) is 0 Å². The van der Waals surface area contributed by atoms with Crippen LogP contribution in [-0.2, 0) is 0 Å².